The number of esters is 2. The molecule has 1 atom stereocenters. The van der Waals surface area contributed by atoms with E-state index in [-0.39, 0.29) is 37.1 Å². The van der Waals surface area contributed by atoms with Gasteiger partial charge in [-0.3, -0.25) is 14.4 Å². The SMILES string of the molecule is CCOC(=O)CC[C@H](NC(=O)c1cc(C)c(CCCSC(C)=O)s1)C(=O)OCC. The number of hydrogen-bond acceptors (Lipinski definition) is 8. The molecule has 0 aliphatic heterocycles. The molecular weight excluding hydrogens is 414 g/mol. The van der Waals surface area contributed by atoms with E-state index >= 15 is 0 Å². The number of ether oxygens (including phenoxy) is 2. The van der Waals surface area contributed by atoms with Gasteiger partial charge in [0.15, 0.2) is 5.12 Å². The number of carbonyl (C=O) groups is 4. The van der Waals surface area contributed by atoms with E-state index in [2.05, 4.69) is 5.32 Å². The van der Waals surface area contributed by atoms with Crippen LogP contribution in [0.4, 0.5) is 0 Å². The molecule has 0 unspecified atom stereocenters. The quantitative estimate of drug-likeness (QED) is 0.391. The highest BCUT2D eigenvalue weighted by Gasteiger charge is 2.25. The van der Waals surface area contributed by atoms with Crippen LogP contribution in [0.5, 0.6) is 0 Å². The number of thiophene rings is 1. The molecule has 1 heterocycles. The van der Waals surface area contributed by atoms with Gasteiger partial charge in [-0.25, -0.2) is 4.79 Å². The molecule has 1 rings (SSSR count). The minimum absolute atomic E-state index is 0.0140. The van der Waals surface area contributed by atoms with Gasteiger partial charge in [-0.2, -0.15) is 0 Å². The zero-order valence-electron chi connectivity index (χ0n) is 17.4. The second kappa shape index (κ2) is 13.4. The van der Waals surface area contributed by atoms with Crippen molar-refractivity contribution in [1.82, 2.24) is 5.32 Å². The first-order valence-corrected chi connectivity index (χ1v) is 11.4. The van der Waals surface area contributed by atoms with Gasteiger partial charge in [-0.05, 0) is 51.7 Å². The molecule has 0 bridgehead atoms. The Hall–Kier alpha value is -1.87. The molecule has 0 aromatic carbocycles. The standard InChI is InChI=1S/C20H29NO6S2/c1-5-26-18(23)10-9-15(20(25)27-6-2)21-19(24)17-12-13(3)16(29-17)8-7-11-28-14(4)22/h12,15H,5-11H2,1-4H3,(H,21,24)/t15-/m0/s1. The van der Waals surface area contributed by atoms with Crippen molar-refractivity contribution < 1.29 is 28.7 Å². The molecule has 1 aromatic heterocycles. The highest BCUT2D eigenvalue weighted by atomic mass is 32.2. The average molecular weight is 444 g/mol. The van der Waals surface area contributed by atoms with Gasteiger partial charge < -0.3 is 14.8 Å². The molecule has 1 amide bonds. The Labute approximate surface area is 179 Å². The Morgan fingerprint density at radius 2 is 1.86 bits per heavy atom. The molecule has 29 heavy (non-hydrogen) atoms. The maximum absolute atomic E-state index is 12.6. The predicted molar refractivity (Wildman–Crippen MR) is 114 cm³/mol. The minimum Gasteiger partial charge on any atom is -0.466 e. The average Bonchev–Trinajstić information content (AvgIpc) is 3.03. The topological polar surface area (TPSA) is 98.8 Å². The summed E-state index contributed by atoms with van der Waals surface area (Å²) in [6.07, 6.45) is 1.76. The van der Waals surface area contributed by atoms with E-state index in [9.17, 15) is 19.2 Å². The number of aryl methyl sites for hydroxylation is 2. The maximum atomic E-state index is 12.6. The van der Waals surface area contributed by atoms with E-state index in [0.717, 1.165) is 29.0 Å². The summed E-state index contributed by atoms with van der Waals surface area (Å²) in [4.78, 5) is 49.0. The lowest BCUT2D eigenvalue weighted by molar-refractivity contribution is -0.146. The van der Waals surface area contributed by atoms with Gasteiger partial charge in [-0.1, -0.05) is 11.8 Å². The van der Waals surface area contributed by atoms with Crippen LogP contribution >= 0.6 is 23.1 Å². The van der Waals surface area contributed by atoms with Gasteiger partial charge in [0.05, 0.1) is 18.1 Å². The fourth-order valence-corrected chi connectivity index (χ4v) is 4.24. The van der Waals surface area contributed by atoms with Crippen LogP contribution in [0.15, 0.2) is 6.07 Å². The number of hydrogen-bond donors (Lipinski definition) is 1. The molecule has 1 aromatic rings. The van der Waals surface area contributed by atoms with Gasteiger partial charge >= 0.3 is 11.9 Å². The lowest BCUT2D eigenvalue weighted by Crippen LogP contribution is -2.42. The molecule has 0 spiro atoms. The monoisotopic (exact) mass is 443 g/mol. The summed E-state index contributed by atoms with van der Waals surface area (Å²) in [5, 5.41) is 2.78. The summed E-state index contributed by atoms with van der Waals surface area (Å²) in [6.45, 7) is 7.32. The van der Waals surface area contributed by atoms with E-state index in [1.807, 2.05) is 6.92 Å². The third-order valence-electron chi connectivity index (χ3n) is 3.92. The molecular formula is C20H29NO6S2. The Morgan fingerprint density at radius 3 is 2.48 bits per heavy atom. The fraction of sp³-hybridized carbons (Fsp3) is 0.600. The van der Waals surface area contributed by atoms with E-state index in [1.165, 1.54) is 23.1 Å². The molecule has 0 aliphatic rings. The second-order valence-corrected chi connectivity index (χ2v) is 8.69. The van der Waals surface area contributed by atoms with Crippen LogP contribution in [0.2, 0.25) is 0 Å². The van der Waals surface area contributed by atoms with Crippen LogP contribution in [0.25, 0.3) is 0 Å². The molecule has 0 fully saturated rings. The molecule has 0 saturated carbocycles. The Morgan fingerprint density at radius 1 is 1.17 bits per heavy atom. The van der Waals surface area contributed by atoms with Crippen molar-refractivity contribution in [2.75, 3.05) is 19.0 Å². The van der Waals surface area contributed by atoms with E-state index in [0.29, 0.717) is 4.88 Å². The Kier molecular flexibility index (Phi) is 11.6. The van der Waals surface area contributed by atoms with E-state index < -0.39 is 18.0 Å². The predicted octanol–water partition coefficient (Wildman–Crippen LogP) is 3.27. The van der Waals surface area contributed by atoms with E-state index in [4.69, 9.17) is 9.47 Å². The zero-order chi connectivity index (χ0) is 21.8. The number of thioether (sulfide) groups is 1. The van der Waals surface area contributed by atoms with Crippen LogP contribution in [-0.4, -0.2) is 48.0 Å². The van der Waals surface area contributed by atoms with Crippen LogP contribution in [0.3, 0.4) is 0 Å². The van der Waals surface area contributed by atoms with Crippen molar-refractivity contribution in [1.29, 1.82) is 0 Å². The number of amides is 1. The smallest absolute Gasteiger partial charge is 0.328 e. The zero-order valence-corrected chi connectivity index (χ0v) is 19.0. The second-order valence-electron chi connectivity index (χ2n) is 6.28. The normalized spacial score (nSPS) is 11.6. The summed E-state index contributed by atoms with van der Waals surface area (Å²) in [6, 6.07) is 0.880. The maximum Gasteiger partial charge on any atom is 0.328 e. The van der Waals surface area contributed by atoms with Crippen molar-refractivity contribution >= 4 is 46.1 Å². The first-order valence-electron chi connectivity index (χ1n) is 9.64. The van der Waals surface area contributed by atoms with Crippen molar-refractivity contribution in [2.24, 2.45) is 0 Å². The summed E-state index contributed by atoms with van der Waals surface area (Å²) >= 11 is 2.67. The molecule has 7 nitrogen and oxygen atoms in total. The fourth-order valence-electron chi connectivity index (χ4n) is 2.55. The lowest BCUT2D eigenvalue weighted by Gasteiger charge is -2.16. The summed E-state index contributed by atoms with van der Waals surface area (Å²) in [5.41, 5.74) is 1.01. The molecule has 0 aliphatic carbocycles. The lowest BCUT2D eigenvalue weighted by atomic mass is 10.1. The highest BCUT2D eigenvalue weighted by molar-refractivity contribution is 8.13. The number of nitrogens with one attached hydrogen (secondary N) is 1. The van der Waals surface area contributed by atoms with Gasteiger partial charge in [-0.15, -0.1) is 11.3 Å². The number of rotatable bonds is 12. The Bertz CT molecular complexity index is 716. The first-order chi connectivity index (χ1) is 13.8. The number of carbonyl (C=O) groups excluding carboxylic acids is 4. The van der Waals surface area contributed by atoms with Crippen molar-refractivity contribution in [3.63, 3.8) is 0 Å². The van der Waals surface area contributed by atoms with Crippen molar-refractivity contribution in [2.45, 2.75) is 59.4 Å². The third-order valence-corrected chi connectivity index (χ3v) is 6.11. The summed E-state index contributed by atoms with van der Waals surface area (Å²) in [7, 11) is 0. The summed E-state index contributed by atoms with van der Waals surface area (Å²) in [5.74, 6) is -0.620. The van der Waals surface area contributed by atoms with Crippen LogP contribution in [-0.2, 0) is 30.3 Å². The van der Waals surface area contributed by atoms with Gasteiger partial charge in [0, 0.05) is 24.0 Å². The highest BCUT2D eigenvalue weighted by Crippen LogP contribution is 2.24. The van der Waals surface area contributed by atoms with Crippen molar-refractivity contribution in [3.8, 4) is 0 Å². The van der Waals surface area contributed by atoms with Crippen LogP contribution in [0, 0.1) is 6.92 Å². The van der Waals surface area contributed by atoms with Gasteiger partial charge in [0.25, 0.3) is 5.91 Å². The van der Waals surface area contributed by atoms with Gasteiger partial charge in [0.1, 0.15) is 6.04 Å². The van der Waals surface area contributed by atoms with Gasteiger partial charge in [0.2, 0.25) is 0 Å². The molecule has 0 radical (unpaired) electrons. The minimum atomic E-state index is -0.912. The van der Waals surface area contributed by atoms with E-state index in [1.54, 1.807) is 26.8 Å². The molecule has 1 N–H and O–H groups in total. The van der Waals surface area contributed by atoms with Crippen molar-refractivity contribution in [3.05, 3.63) is 21.4 Å². The van der Waals surface area contributed by atoms with Crippen LogP contribution < -0.4 is 5.32 Å². The molecule has 0 saturated heterocycles. The largest absolute Gasteiger partial charge is 0.466 e. The first kappa shape index (κ1) is 25.2. The molecule has 162 valence electrons. The Balaban J connectivity index is 2.72. The molecule has 9 heteroatoms. The van der Waals surface area contributed by atoms with Crippen LogP contribution in [0.1, 0.15) is 60.1 Å². The summed E-state index contributed by atoms with van der Waals surface area (Å²) < 4.78 is 9.89. The third kappa shape index (κ3) is 9.45.